The van der Waals surface area contributed by atoms with E-state index in [1.54, 1.807) is 0 Å². The fourth-order valence-electron chi connectivity index (χ4n) is 3.34. The molecule has 0 aliphatic heterocycles. The van der Waals surface area contributed by atoms with Crippen LogP contribution in [0, 0.1) is 0 Å². The lowest BCUT2D eigenvalue weighted by atomic mass is 10.00. The third-order valence-electron chi connectivity index (χ3n) is 4.84. The second-order valence-corrected chi connectivity index (χ2v) is 6.86. The van der Waals surface area contributed by atoms with Gasteiger partial charge in [0.05, 0.1) is 0 Å². The van der Waals surface area contributed by atoms with Gasteiger partial charge in [0, 0.05) is 0 Å². The Morgan fingerprint density at radius 1 is 0.333 bits per heavy atom. The van der Waals surface area contributed by atoms with Crippen LogP contribution in [0.15, 0.2) is 142 Å². The average molecular weight is 390 g/mol. The first-order chi connectivity index (χ1) is 14.9. The van der Waals surface area contributed by atoms with Crippen molar-refractivity contribution >= 4 is 0 Å². The molecule has 0 amide bonds. The van der Waals surface area contributed by atoms with Crippen molar-refractivity contribution < 1.29 is 0 Å². The van der Waals surface area contributed by atoms with Crippen molar-refractivity contribution in [3.63, 3.8) is 0 Å². The van der Waals surface area contributed by atoms with Crippen LogP contribution in [0.4, 0.5) is 0 Å². The molecule has 0 bridgehead atoms. The van der Waals surface area contributed by atoms with Gasteiger partial charge in [-0.05, 0) is 32.7 Å². The topological polar surface area (TPSA) is 49.4 Å². The smallest absolute Gasteiger partial charge is 0.123 e. The van der Waals surface area contributed by atoms with E-state index in [1.165, 1.54) is 0 Å². The minimum Gasteiger partial charge on any atom is -0.154 e. The second kappa shape index (κ2) is 10.0. The second-order valence-electron chi connectivity index (χ2n) is 6.86. The first-order valence-corrected chi connectivity index (χ1v) is 9.91. The molecule has 0 aliphatic carbocycles. The highest BCUT2D eigenvalue weighted by atomic mass is 15.5. The van der Waals surface area contributed by atoms with E-state index in [1.807, 2.05) is 121 Å². The summed E-state index contributed by atoms with van der Waals surface area (Å²) < 4.78 is 0. The number of hydrogen-bond donors (Lipinski definition) is 0. The summed E-state index contributed by atoms with van der Waals surface area (Å²) in [5.74, 6) is 0. The van der Waals surface area contributed by atoms with Gasteiger partial charge in [-0.3, -0.25) is 0 Å². The maximum atomic E-state index is 4.49. The van der Waals surface area contributed by atoms with Crippen LogP contribution in [-0.2, 0) is 0 Å². The molecule has 0 spiro atoms. The molecule has 4 aromatic rings. The summed E-state index contributed by atoms with van der Waals surface area (Å²) in [7, 11) is 0. The molecule has 30 heavy (non-hydrogen) atoms. The van der Waals surface area contributed by atoms with Crippen LogP contribution < -0.4 is 0 Å². The first-order valence-electron chi connectivity index (χ1n) is 9.91. The Hall–Kier alpha value is -3.92. The molecule has 0 aromatic heterocycles. The van der Waals surface area contributed by atoms with Crippen LogP contribution in [0.3, 0.4) is 0 Å². The SMILES string of the molecule is c1ccc(C(N=NN=NC(c2ccccc2)c2ccccc2)c2ccccc2)cc1. The molecule has 4 heteroatoms. The van der Waals surface area contributed by atoms with Gasteiger partial charge in [0.1, 0.15) is 12.1 Å². The van der Waals surface area contributed by atoms with Crippen LogP contribution in [0.25, 0.3) is 0 Å². The van der Waals surface area contributed by atoms with E-state index in [2.05, 4.69) is 20.7 Å². The van der Waals surface area contributed by atoms with Gasteiger partial charge < -0.3 is 0 Å². The number of hydrogen-bond acceptors (Lipinski definition) is 2. The maximum Gasteiger partial charge on any atom is 0.123 e. The summed E-state index contributed by atoms with van der Waals surface area (Å²) in [5.41, 5.74) is 4.24. The van der Waals surface area contributed by atoms with E-state index < -0.39 is 0 Å². The number of nitrogens with zero attached hydrogens (tertiary/aromatic N) is 4. The van der Waals surface area contributed by atoms with Gasteiger partial charge in [-0.1, -0.05) is 121 Å². The summed E-state index contributed by atoms with van der Waals surface area (Å²) in [5, 5.41) is 17.2. The number of rotatable bonds is 7. The Morgan fingerprint density at radius 3 is 0.800 bits per heavy atom. The van der Waals surface area contributed by atoms with Crippen molar-refractivity contribution in [1.29, 1.82) is 0 Å². The fourth-order valence-corrected chi connectivity index (χ4v) is 3.34. The zero-order valence-electron chi connectivity index (χ0n) is 16.5. The van der Waals surface area contributed by atoms with Crippen molar-refractivity contribution in [3.8, 4) is 0 Å². The van der Waals surface area contributed by atoms with Gasteiger partial charge in [-0.25, -0.2) is 0 Å². The van der Waals surface area contributed by atoms with Crippen LogP contribution in [-0.4, -0.2) is 0 Å². The van der Waals surface area contributed by atoms with E-state index in [0.29, 0.717) is 0 Å². The molecular weight excluding hydrogens is 368 g/mol. The monoisotopic (exact) mass is 390 g/mol. The Bertz CT molecular complexity index is 909. The molecule has 4 nitrogen and oxygen atoms in total. The van der Waals surface area contributed by atoms with Gasteiger partial charge in [0.15, 0.2) is 0 Å². The molecule has 4 aromatic carbocycles. The molecular formula is C26H22N4. The predicted octanol–water partition coefficient (Wildman–Crippen LogP) is 7.39. The van der Waals surface area contributed by atoms with Gasteiger partial charge in [0.2, 0.25) is 0 Å². The third-order valence-corrected chi connectivity index (χ3v) is 4.84. The van der Waals surface area contributed by atoms with E-state index in [4.69, 9.17) is 0 Å². The molecule has 0 heterocycles. The lowest BCUT2D eigenvalue weighted by molar-refractivity contribution is 0.710. The van der Waals surface area contributed by atoms with Gasteiger partial charge >= 0.3 is 0 Å². The largest absolute Gasteiger partial charge is 0.154 e. The minimum atomic E-state index is -0.224. The zero-order valence-corrected chi connectivity index (χ0v) is 16.5. The summed E-state index contributed by atoms with van der Waals surface area (Å²) in [6.07, 6.45) is 0. The quantitative estimate of drug-likeness (QED) is 0.233. The van der Waals surface area contributed by atoms with Crippen molar-refractivity contribution in [1.82, 2.24) is 0 Å². The molecule has 0 fully saturated rings. The van der Waals surface area contributed by atoms with Crippen molar-refractivity contribution in [2.45, 2.75) is 12.1 Å². The molecule has 0 atom stereocenters. The molecule has 0 unspecified atom stereocenters. The minimum absolute atomic E-state index is 0.224. The first kappa shape index (κ1) is 19.4. The summed E-state index contributed by atoms with van der Waals surface area (Å²) in [4.78, 5) is 0. The molecule has 0 aliphatic rings. The lowest BCUT2D eigenvalue weighted by Crippen LogP contribution is -1.97. The highest BCUT2D eigenvalue weighted by molar-refractivity contribution is 5.32. The Kier molecular flexibility index (Phi) is 6.48. The van der Waals surface area contributed by atoms with Gasteiger partial charge in [0.25, 0.3) is 0 Å². The summed E-state index contributed by atoms with van der Waals surface area (Å²) in [6, 6.07) is 39.9. The van der Waals surface area contributed by atoms with Crippen molar-refractivity contribution in [3.05, 3.63) is 144 Å². The molecule has 0 saturated carbocycles. The van der Waals surface area contributed by atoms with Crippen molar-refractivity contribution in [2.24, 2.45) is 20.7 Å². The zero-order chi connectivity index (χ0) is 20.4. The van der Waals surface area contributed by atoms with E-state index in [0.717, 1.165) is 22.3 Å². The maximum absolute atomic E-state index is 4.49. The molecule has 146 valence electrons. The van der Waals surface area contributed by atoms with Crippen LogP contribution in [0.1, 0.15) is 34.3 Å². The van der Waals surface area contributed by atoms with Gasteiger partial charge in [-0.2, -0.15) is 10.2 Å². The Labute approximate surface area is 176 Å². The standard InChI is InChI=1S/C26H22N4/c1-5-13-21(14-6-1)25(22-15-7-2-8-16-22)27-29-30-28-26(23-17-9-3-10-18-23)24-19-11-4-12-20-24/h1-20,25-26H. The predicted molar refractivity (Wildman–Crippen MR) is 119 cm³/mol. The molecule has 0 N–H and O–H groups in total. The Balaban J connectivity index is 1.61. The summed E-state index contributed by atoms with van der Waals surface area (Å²) in [6.45, 7) is 0. The van der Waals surface area contributed by atoms with Gasteiger partial charge in [-0.15, -0.1) is 0 Å². The number of benzene rings is 4. The highest BCUT2D eigenvalue weighted by Crippen LogP contribution is 2.28. The van der Waals surface area contributed by atoms with Crippen LogP contribution >= 0.6 is 0 Å². The average Bonchev–Trinajstić information content (AvgIpc) is 2.84. The molecule has 0 radical (unpaired) electrons. The van der Waals surface area contributed by atoms with E-state index >= 15 is 0 Å². The van der Waals surface area contributed by atoms with Crippen LogP contribution in [0.2, 0.25) is 0 Å². The normalized spacial score (nSPS) is 11.7. The van der Waals surface area contributed by atoms with E-state index in [-0.39, 0.29) is 12.1 Å². The highest BCUT2D eigenvalue weighted by Gasteiger charge is 2.14. The Morgan fingerprint density at radius 2 is 0.567 bits per heavy atom. The molecule has 4 rings (SSSR count). The van der Waals surface area contributed by atoms with E-state index in [9.17, 15) is 0 Å². The fraction of sp³-hybridized carbons (Fsp3) is 0.0769. The summed E-state index contributed by atoms with van der Waals surface area (Å²) >= 11 is 0. The molecule has 0 saturated heterocycles. The van der Waals surface area contributed by atoms with Crippen LogP contribution in [0.5, 0.6) is 0 Å². The lowest BCUT2D eigenvalue weighted by Gasteiger charge is -2.12. The third kappa shape index (κ3) is 4.92. The van der Waals surface area contributed by atoms with Crippen molar-refractivity contribution in [2.75, 3.05) is 0 Å².